The van der Waals surface area contributed by atoms with E-state index in [1.807, 2.05) is 12.1 Å². The molecule has 19 heavy (non-hydrogen) atoms. The Kier molecular flexibility index (Phi) is 2.76. The molecule has 0 atom stereocenters. The number of rotatable bonds is 1. The first kappa shape index (κ1) is 11.8. The molecule has 3 aromatic rings. The zero-order chi connectivity index (χ0) is 13.4. The molecule has 2 aromatic carbocycles. The van der Waals surface area contributed by atoms with Gasteiger partial charge in [-0.2, -0.15) is 0 Å². The molecule has 0 saturated heterocycles. The van der Waals surface area contributed by atoms with Gasteiger partial charge in [-0.05, 0) is 29.7 Å². The molecule has 0 aliphatic carbocycles. The lowest BCUT2D eigenvalue weighted by Crippen LogP contribution is -2.17. The van der Waals surface area contributed by atoms with Crippen molar-refractivity contribution >= 4 is 22.4 Å². The van der Waals surface area contributed by atoms with Crippen LogP contribution < -0.4 is 5.56 Å². The molecule has 0 bridgehead atoms. The normalized spacial score (nSPS) is 10.8. The average Bonchev–Trinajstić information content (AvgIpc) is 2.39. The summed E-state index contributed by atoms with van der Waals surface area (Å²) in [5.74, 6) is -0.0784. The Bertz CT molecular complexity index is 824. The number of benzene rings is 2. The summed E-state index contributed by atoms with van der Waals surface area (Å²) in [5, 5.41) is 12.1. The Balaban J connectivity index is 2.39. The maximum Gasteiger partial charge on any atom is 0.258 e. The van der Waals surface area contributed by atoms with Gasteiger partial charge < -0.3 is 5.11 Å². The van der Waals surface area contributed by atoms with Gasteiger partial charge in [0.2, 0.25) is 5.88 Å². The summed E-state index contributed by atoms with van der Waals surface area (Å²) in [7, 11) is 0. The summed E-state index contributed by atoms with van der Waals surface area (Å²) in [5.41, 5.74) is 0.249. The molecule has 1 N–H and O–H groups in total. The van der Waals surface area contributed by atoms with Crippen molar-refractivity contribution in [3.8, 4) is 11.6 Å². The molecule has 0 unspecified atom stereocenters. The van der Waals surface area contributed by atoms with Gasteiger partial charge in [0.25, 0.3) is 5.56 Å². The predicted molar refractivity (Wildman–Crippen MR) is 76.2 cm³/mol. The number of aromatic nitrogens is 1. The first-order valence-electron chi connectivity index (χ1n) is 5.76. The van der Waals surface area contributed by atoms with Crippen molar-refractivity contribution in [2.45, 2.75) is 0 Å². The Morgan fingerprint density at radius 1 is 1.00 bits per heavy atom. The van der Waals surface area contributed by atoms with Crippen LogP contribution in [0.15, 0.2) is 59.4 Å². The lowest BCUT2D eigenvalue weighted by Gasteiger charge is -2.11. The third-order valence-corrected chi connectivity index (χ3v) is 3.21. The van der Waals surface area contributed by atoms with Crippen LogP contribution in [-0.4, -0.2) is 9.67 Å². The first-order chi connectivity index (χ1) is 9.16. The van der Waals surface area contributed by atoms with Gasteiger partial charge in [0, 0.05) is 16.5 Å². The average molecular weight is 272 g/mol. The van der Waals surface area contributed by atoms with Gasteiger partial charge in [-0.3, -0.25) is 4.79 Å². The molecule has 1 aromatic heterocycles. The zero-order valence-electron chi connectivity index (χ0n) is 9.88. The van der Waals surface area contributed by atoms with Crippen LogP contribution >= 0.6 is 11.6 Å². The van der Waals surface area contributed by atoms with Crippen LogP contribution in [0.1, 0.15) is 0 Å². The van der Waals surface area contributed by atoms with E-state index in [2.05, 4.69) is 0 Å². The van der Waals surface area contributed by atoms with Crippen LogP contribution in [0.3, 0.4) is 0 Å². The predicted octanol–water partition coefficient (Wildman–Crippen LogP) is 3.35. The van der Waals surface area contributed by atoms with Gasteiger partial charge in [0.15, 0.2) is 0 Å². The van der Waals surface area contributed by atoms with Gasteiger partial charge in [0.1, 0.15) is 0 Å². The second kappa shape index (κ2) is 4.44. The van der Waals surface area contributed by atoms with Gasteiger partial charge in [-0.1, -0.05) is 35.9 Å². The maximum atomic E-state index is 12.1. The van der Waals surface area contributed by atoms with Crippen molar-refractivity contribution in [2.75, 3.05) is 0 Å². The SMILES string of the molecule is O=c1cc2ccccc2c(O)n1-c1cccc(Cl)c1. The summed E-state index contributed by atoms with van der Waals surface area (Å²) in [6.07, 6.45) is 0. The standard InChI is InChI=1S/C15H10ClNO2/c16-11-5-3-6-12(9-11)17-14(18)8-10-4-1-2-7-13(10)15(17)19/h1-9,19H. The summed E-state index contributed by atoms with van der Waals surface area (Å²) >= 11 is 5.92. The zero-order valence-corrected chi connectivity index (χ0v) is 10.6. The van der Waals surface area contributed by atoms with Crippen molar-refractivity contribution in [2.24, 2.45) is 0 Å². The first-order valence-corrected chi connectivity index (χ1v) is 6.14. The molecule has 1 heterocycles. The minimum atomic E-state index is -0.293. The van der Waals surface area contributed by atoms with E-state index in [4.69, 9.17) is 11.6 Å². The highest BCUT2D eigenvalue weighted by molar-refractivity contribution is 6.30. The fourth-order valence-corrected chi connectivity index (χ4v) is 2.30. The molecule has 0 aliphatic heterocycles. The summed E-state index contributed by atoms with van der Waals surface area (Å²) < 4.78 is 1.24. The topological polar surface area (TPSA) is 42.2 Å². The number of nitrogens with zero attached hydrogens (tertiary/aromatic N) is 1. The van der Waals surface area contributed by atoms with E-state index in [1.165, 1.54) is 10.6 Å². The van der Waals surface area contributed by atoms with Crippen LogP contribution in [0.2, 0.25) is 5.02 Å². The van der Waals surface area contributed by atoms with Crippen LogP contribution in [0.4, 0.5) is 0 Å². The molecule has 94 valence electrons. The summed E-state index contributed by atoms with van der Waals surface area (Å²) in [4.78, 5) is 12.1. The Morgan fingerprint density at radius 3 is 2.58 bits per heavy atom. The van der Waals surface area contributed by atoms with Crippen LogP contribution in [0, 0.1) is 0 Å². The van der Waals surface area contributed by atoms with Crippen molar-refractivity contribution in [3.05, 3.63) is 70.0 Å². The molecule has 3 nitrogen and oxygen atoms in total. The second-order valence-corrected chi connectivity index (χ2v) is 4.65. The molecule has 4 heteroatoms. The Morgan fingerprint density at radius 2 is 1.79 bits per heavy atom. The highest BCUT2D eigenvalue weighted by Crippen LogP contribution is 2.25. The van der Waals surface area contributed by atoms with E-state index in [0.29, 0.717) is 21.5 Å². The maximum absolute atomic E-state index is 12.1. The molecular formula is C15H10ClNO2. The minimum absolute atomic E-state index is 0.0784. The molecule has 0 spiro atoms. The van der Waals surface area contributed by atoms with Crippen molar-refractivity contribution in [1.82, 2.24) is 4.57 Å². The smallest absolute Gasteiger partial charge is 0.258 e. The van der Waals surface area contributed by atoms with Crippen LogP contribution in [0.25, 0.3) is 16.5 Å². The highest BCUT2D eigenvalue weighted by atomic mass is 35.5. The summed E-state index contributed by atoms with van der Waals surface area (Å²) in [6.45, 7) is 0. The summed E-state index contributed by atoms with van der Waals surface area (Å²) in [6, 6.07) is 15.5. The highest BCUT2D eigenvalue weighted by Gasteiger charge is 2.10. The van der Waals surface area contributed by atoms with Gasteiger partial charge in [0.05, 0.1) is 5.69 Å². The molecule has 0 aliphatic rings. The van der Waals surface area contributed by atoms with Gasteiger partial charge in [-0.15, -0.1) is 0 Å². The van der Waals surface area contributed by atoms with Gasteiger partial charge >= 0.3 is 0 Å². The second-order valence-electron chi connectivity index (χ2n) is 4.21. The molecule has 0 saturated carbocycles. The fraction of sp³-hybridized carbons (Fsp3) is 0. The Hall–Kier alpha value is -2.26. The molecule has 0 radical (unpaired) electrons. The van der Waals surface area contributed by atoms with E-state index < -0.39 is 0 Å². The molecule has 0 fully saturated rings. The number of halogens is 1. The minimum Gasteiger partial charge on any atom is -0.494 e. The lowest BCUT2D eigenvalue weighted by molar-refractivity contribution is 0.443. The number of aromatic hydroxyl groups is 1. The largest absolute Gasteiger partial charge is 0.494 e. The van der Waals surface area contributed by atoms with E-state index in [1.54, 1.807) is 36.4 Å². The van der Waals surface area contributed by atoms with Crippen LogP contribution in [0.5, 0.6) is 5.88 Å². The quantitative estimate of drug-likeness (QED) is 0.737. The van der Waals surface area contributed by atoms with Crippen molar-refractivity contribution in [3.63, 3.8) is 0 Å². The third kappa shape index (κ3) is 1.98. The molecule has 0 amide bonds. The number of pyridine rings is 1. The van der Waals surface area contributed by atoms with E-state index in [9.17, 15) is 9.90 Å². The van der Waals surface area contributed by atoms with E-state index in [-0.39, 0.29) is 11.4 Å². The lowest BCUT2D eigenvalue weighted by atomic mass is 10.1. The molecule has 3 rings (SSSR count). The fourth-order valence-electron chi connectivity index (χ4n) is 2.11. The number of fused-ring (bicyclic) bond motifs is 1. The van der Waals surface area contributed by atoms with E-state index >= 15 is 0 Å². The van der Waals surface area contributed by atoms with Crippen molar-refractivity contribution in [1.29, 1.82) is 0 Å². The number of hydrogen-bond acceptors (Lipinski definition) is 2. The number of hydrogen-bond donors (Lipinski definition) is 1. The monoisotopic (exact) mass is 271 g/mol. The van der Waals surface area contributed by atoms with Gasteiger partial charge in [-0.25, -0.2) is 4.57 Å². The van der Waals surface area contributed by atoms with Crippen LogP contribution in [-0.2, 0) is 0 Å². The Labute approximate surface area is 114 Å². The van der Waals surface area contributed by atoms with E-state index in [0.717, 1.165) is 0 Å². The molecular weight excluding hydrogens is 262 g/mol. The third-order valence-electron chi connectivity index (χ3n) is 2.98. The van der Waals surface area contributed by atoms with Crippen molar-refractivity contribution < 1.29 is 5.11 Å².